The van der Waals surface area contributed by atoms with Crippen molar-refractivity contribution < 1.29 is 23.8 Å². The number of carbonyl (C=O) groups is 2. The molecule has 0 saturated heterocycles. The molecule has 398 valence electrons. The van der Waals surface area contributed by atoms with Crippen LogP contribution >= 0.6 is 0 Å². The summed E-state index contributed by atoms with van der Waals surface area (Å²) in [6.07, 6.45) is 83.8. The predicted molar refractivity (Wildman–Crippen MR) is 306 cm³/mol. The second kappa shape index (κ2) is 59.6. The molecule has 0 fully saturated rings. The van der Waals surface area contributed by atoms with E-state index in [9.17, 15) is 9.59 Å². The molecule has 5 nitrogen and oxygen atoms in total. The molecule has 0 aliphatic carbocycles. The highest BCUT2D eigenvalue weighted by Gasteiger charge is 2.17. The van der Waals surface area contributed by atoms with E-state index in [1.165, 1.54) is 109 Å². The largest absolute Gasteiger partial charge is 0.462 e. The summed E-state index contributed by atoms with van der Waals surface area (Å²) in [6, 6.07) is 0. The van der Waals surface area contributed by atoms with Gasteiger partial charge in [-0.3, -0.25) is 9.59 Å². The first-order valence-corrected chi connectivity index (χ1v) is 29.1. The number of rotatable bonds is 52. The van der Waals surface area contributed by atoms with Gasteiger partial charge in [0.1, 0.15) is 6.61 Å². The number of ether oxygens (including phenoxy) is 3. The van der Waals surface area contributed by atoms with E-state index in [0.717, 1.165) is 109 Å². The summed E-state index contributed by atoms with van der Waals surface area (Å²) in [5, 5.41) is 0. The molecule has 0 bridgehead atoms. The summed E-state index contributed by atoms with van der Waals surface area (Å²) in [5.74, 6) is -0.458. The van der Waals surface area contributed by atoms with Crippen LogP contribution in [0.1, 0.15) is 252 Å². The Hall–Kier alpha value is -3.70. The van der Waals surface area contributed by atoms with Crippen molar-refractivity contribution in [3.8, 4) is 0 Å². The monoisotopic (exact) mass is 969 g/mol. The average molecular weight is 970 g/mol. The van der Waals surface area contributed by atoms with Crippen molar-refractivity contribution in [1.82, 2.24) is 0 Å². The first-order valence-electron chi connectivity index (χ1n) is 29.1. The molecular weight excluding hydrogens is 861 g/mol. The molecule has 0 spiro atoms. The second-order valence-electron chi connectivity index (χ2n) is 18.8. The van der Waals surface area contributed by atoms with Crippen LogP contribution in [0.5, 0.6) is 0 Å². The molecule has 0 aromatic heterocycles. The van der Waals surface area contributed by atoms with Gasteiger partial charge < -0.3 is 14.2 Å². The molecule has 70 heavy (non-hydrogen) atoms. The zero-order valence-corrected chi connectivity index (χ0v) is 45.7. The van der Waals surface area contributed by atoms with Crippen LogP contribution in [-0.4, -0.2) is 37.9 Å². The van der Waals surface area contributed by atoms with Gasteiger partial charge in [0.2, 0.25) is 0 Å². The molecule has 0 N–H and O–H groups in total. The van der Waals surface area contributed by atoms with Gasteiger partial charge in [-0.25, -0.2) is 0 Å². The van der Waals surface area contributed by atoms with Gasteiger partial charge >= 0.3 is 11.9 Å². The van der Waals surface area contributed by atoms with Crippen LogP contribution in [0.15, 0.2) is 122 Å². The van der Waals surface area contributed by atoms with Gasteiger partial charge in [0.15, 0.2) is 6.10 Å². The SMILES string of the molecule is CC/C=C\C/C=C\C/C=C\C/C=C\C/C=C\CCOCC(COC(=O)CCCCCCCC/C=C\C/C=C\C/C=C\C/C=C\CC)OC(=O)CCCCCCCCCCC/C=C\CCCCCCCC. The Bertz CT molecular complexity index is 1420. The molecule has 0 aromatic carbocycles. The van der Waals surface area contributed by atoms with Crippen molar-refractivity contribution in [3.63, 3.8) is 0 Å². The smallest absolute Gasteiger partial charge is 0.306 e. The van der Waals surface area contributed by atoms with E-state index in [-0.39, 0.29) is 25.2 Å². The van der Waals surface area contributed by atoms with E-state index >= 15 is 0 Å². The normalized spacial score (nSPS) is 13.1. The maximum atomic E-state index is 12.9. The van der Waals surface area contributed by atoms with Gasteiger partial charge in [-0.05, 0) is 116 Å². The van der Waals surface area contributed by atoms with Crippen molar-refractivity contribution in [2.24, 2.45) is 0 Å². The maximum Gasteiger partial charge on any atom is 0.306 e. The fraction of sp³-hybridized carbons (Fsp3) is 0.662. The van der Waals surface area contributed by atoms with Gasteiger partial charge in [-0.15, -0.1) is 0 Å². The summed E-state index contributed by atoms with van der Waals surface area (Å²) in [5.41, 5.74) is 0. The third-order valence-corrected chi connectivity index (χ3v) is 12.0. The van der Waals surface area contributed by atoms with E-state index in [4.69, 9.17) is 14.2 Å². The minimum atomic E-state index is -0.592. The summed E-state index contributed by atoms with van der Waals surface area (Å²) in [7, 11) is 0. The lowest BCUT2D eigenvalue weighted by Gasteiger charge is -2.18. The van der Waals surface area contributed by atoms with E-state index < -0.39 is 6.10 Å². The second-order valence-corrected chi connectivity index (χ2v) is 18.8. The van der Waals surface area contributed by atoms with Gasteiger partial charge in [-0.2, -0.15) is 0 Å². The Balaban J connectivity index is 4.41. The van der Waals surface area contributed by atoms with E-state index in [1.807, 2.05) is 0 Å². The lowest BCUT2D eigenvalue weighted by molar-refractivity contribution is -0.162. The minimum absolute atomic E-state index is 0.0407. The van der Waals surface area contributed by atoms with Crippen molar-refractivity contribution in [2.45, 2.75) is 258 Å². The van der Waals surface area contributed by atoms with Crippen LogP contribution in [0.25, 0.3) is 0 Å². The zero-order chi connectivity index (χ0) is 50.6. The Kier molecular flexibility index (Phi) is 56.5. The molecule has 0 radical (unpaired) electrons. The van der Waals surface area contributed by atoms with Crippen molar-refractivity contribution >= 4 is 11.9 Å². The summed E-state index contributed by atoms with van der Waals surface area (Å²) in [4.78, 5) is 25.5. The van der Waals surface area contributed by atoms with Crippen LogP contribution in [0.3, 0.4) is 0 Å². The molecule has 0 aromatic rings. The topological polar surface area (TPSA) is 61.8 Å². The maximum absolute atomic E-state index is 12.9. The van der Waals surface area contributed by atoms with E-state index in [2.05, 4.69) is 142 Å². The van der Waals surface area contributed by atoms with Crippen LogP contribution in [0.4, 0.5) is 0 Å². The fourth-order valence-corrected chi connectivity index (χ4v) is 7.74. The molecule has 1 atom stereocenters. The highest BCUT2D eigenvalue weighted by Crippen LogP contribution is 2.14. The third kappa shape index (κ3) is 56.9. The van der Waals surface area contributed by atoms with Gasteiger partial charge in [0.05, 0.1) is 13.2 Å². The lowest BCUT2D eigenvalue weighted by atomic mass is 10.1. The number of carbonyl (C=O) groups excluding carboxylic acids is 2. The van der Waals surface area contributed by atoms with Crippen LogP contribution < -0.4 is 0 Å². The zero-order valence-electron chi connectivity index (χ0n) is 45.7. The Morgan fingerprint density at radius 3 is 1.04 bits per heavy atom. The predicted octanol–water partition coefficient (Wildman–Crippen LogP) is 20.1. The van der Waals surface area contributed by atoms with Crippen LogP contribution in [0.2, 0.25) is 0 Å². The lowest BCUT2D eigenvalue weighted by Crippen LogP contribution is -2.30. The highest BCUT2D eigenvalue weighted by atomic mass is 16.6. The van der Waals surface area contributed by atoms with Gasteiger partial charge in [-0.1, -0.05) is 245 Å². The Morgan fingerprint density at radius 1 is 0.329 bits per heavy atom. The number of hydrogen-bond donors (Lipinski definition) is 0. The highest BCUT2D eigenvalue weighted by molar-refractivity contribution is 5.70. The summed E-state index contributed by atoms with van der Waals surface area (Å²) >= 11 is 0. The first kappa shape index (κ1) is 66.3. The molecule has 0 aliphatic rings. The van der Waals surface area contributed by atoms with Gasteiger partial charge in [0.25, 0.3) is 0 Å². The van der Waals surface area contributed by atoms with Crippen LogP contribution in [0, 0.1) is 0 Å². The molecule has 0 aliphatic heterocycles. The molecule has 0 heterocycles. The van der Waals surface area contributed by atoms with E-state index in [0.29, 0.717) is 19.4 Å². The standard InChI is InChI=1S/C65H108O5/c1-4-7-10-13-16-19-22-25-28-31-33-35-37-40-43-46-49-52-55-58-64(66)69-62-63(61-68-60-57-54-51-48-45-42-39-30-27-24-21-18-15-12-9-6-3)70-65(67)59-56-53-50-47-44-41-38-36-34-32-29-26-23-20-17-14-11-8-5-2/h7,9-10,12,16,18-19,21,25-30,33,35,42,45,51,54,63H,4-6,8,11,13-15,17,20,22-24,31-32,34,36-41,43-44,46-50,52-53,55-62H2,1-3H3/b10-7-,12-9-,19-16-,21-18-,28-25-,29-26-,30-27-,35-33-,45-42-,54-51-. The average Bonchev–Trinajstić information content (AvgIpc) is 3.36. The first-order chi connectivity index (χ1) is 34.6. The fourth-order valence-electron chi connectivity index (χ4n) is 7.74. The number of esters is 2. The molecule has 0 amide bonds. The van der Waals surface area contributed by atoms with Crippen LogP contribution in [-0.2, 0) is 23.8 Å². The molecule has 0 saturated carbocycles. The Labute approximate surface area is 433 Å². The quantitative estimate of drug-likeness (QED) is 0.0345. The Morgan fingerprint density at radius 2 is 0.643 bits per heavy atom. The van der Waals surface area contributed by atoms with Crippen molar-refractivity contribution in [3.05, 3.63) is 122 Å². The van der Waals surface area contributed by atoms with Crippen molar-refractivity contribution in [1.29, 1.82) is 0 Å². The molecule has 1 unspecified atom stereocenters. The minimum Gasteiger partial charge on any atom is -0.462 e. The summed E-state index contributed by atoms with van der Waals surface area (Å²) < 4.78 is 17.4. The van der Waals surface area contributed by atoms with Gasteiger partial charge in [0, 0.05) is 12.8 Å². The number of unbranched alkanes of at least 4 members (excludes halogenated alkanes) is 21. The van der Waals surface area contributed by atoms with Crippen molar-refractivity contribution in [2.75, 3.05) is 19.8 Å². The third-order valence-electron chi connectivity index (χ3n) is 12.0. The number of allylic oxidation sites excluding steroid dienone is 19. The molecule has 0 rings (SSSR count). The number of hydrogen-bond acceptors (Lipinski definition) is 5. The molecule has 5 heteroatoms. The summed E-state index contributed by atoms with van der Waals surface area (Å²) in [6.45, 7) is 7.38. The van der Waals surface area contributed by atoms with E-state index in [1.54, 1.807) is 0 Å². The molecular formula is C65H108O5.